The minimum atomic E-state index is -2.89. The molecule has 0 saturated carbocycles. The van der Waals surface area contributed by atoms with Gasteiger partial charge in [0.05, 0.1) is 24.2 Å². The van der Waals surface area contributed by atoms with Crippen molar-refractivity contribution in [2.75, 3.05) is 18.2 Å². The molecule has 20 heavy (non-hydrogen) atoms. The number of para-hydroxylation sites is 3. The summed E-state index contributed by atoms with van der Waals surface area (Å²) in [6, 6.07) is 11.6. The molecule has 0 aliphatic rings. The van der Waals surface area contributed by atoms with Gasteiger partial charge in [0, 0.05) is 0 Å². The first-order valence-corrected chi connectivity index (χ1v) is 5.85. The smallest absolute Gasteiger partial charge is 0.387 e. The number of halogens is 2. The number of ether oxygens (including phenoxy) is 2. The van der Waals surface area contributed by atoms with E-state index in [0.29, 0.717) is 22.8 Å². The Labute approximate surface area is 115 Å². The van der Waals surface area contributed by atoms with E-state index in [-0.39, 0.29) is 5.75 Å². The van der Waals surface area contributed by atoms with E-state index in [1.54, 1.807) is 36.4 Å². The van der Waals surface area contributed by atoms with E-state index < -0.39 is 6.61 Å². The zero-order valence-corrected chi connectivity index (χ0v) is 10.8. The summed E-state index contributed by atoms with van der Waals surface area (Å²) in [5.41, 5.74) is 7.25. The van der Waals surface area contributed by atoms with Gasteiger partial charge in [-0.25, -0.2) is 0 Å². The molecule has 0 radical (unpaired) electrons. The Kier molecular flexibility index (Phi) is 4.24. The molecule has 0 aromatic heterocycles. The Balaban J connectivity index is 2.30. The summed E-state index contributed by atoms with van der Waals surface area (Å²) in [5, 5.41) is 2.96. The van der Waals surface area contributed by atoms with Crippen LogP contribution in [0.25, 0.3) is 0 Å². The van der Waals surface area contributed by atoms with Crippen molar-refractivity contribution in [3.63, 3.8) is 0 Å². The number of methoxy groups -OCH3 is 1. The minimum absolute atomic E-state index is 0.0460. The van der Waals surface area contributed by atoms with Gasteiger partial charge >= 0.3 is 6.61 Å². The van der Waals surface area contributed by atoms with Crippen LogP contribution >= 0.6 is 0 Å². The van der Waals surface area contributed by atoms with Gasteiger partial charge in [-0.1, -0.05) is 18.2 Å². The molecule has 2 aromatic carbocycles. The number of hydrogen-bond acceptors (Lipinski definition) is 4. The third-order valence-corrected chi connectivity index (χ3v) is 2.66. The zero-order chi connectivity index (χ0) is 14.5. The number of alkyl halides is 2. The van der Waals surface area contributed by atoms with Crippen LogP contribution in [0.1, 0.15) is 0 Å². The molecule has 0 unspecified atom stereocenters. The van der Waals surface area contributed by atoms with Gasteiger partial charge in [0.1, 0.15) is 11.5 Å². The predicted octanol–water partition coefficient (Wildman–Crippen LogP) is 3.62. The summed E-state index contributed by atoms with van der Waals surface area (Å²) >= 11 is 0. The lowest BCUT2D eigenvalue weighted by Gasteiger charge is -2.15. The van der Waals surface area contributed by atoms with Crippen LogP contribution in [0.3, 0.4) is 0 Å². The number of nitrogen functional groups attached to an aromatic ring is 1. The average molecular weight is 280 g/mol. The topological polar surface area (TPSA) is 56.5 Å². The summed E-state index contributed by atoms with van der Waals surface area (Å²) in [5.74, 6) is 0.548. The molecule has 2 rings (SSSR count). The molecule has 6 heteroatoms. The molecular formula is C14H14F2N2O2. The maximum atomic E-state index is 12.3. The molecule has 0 bridgehead atoms. The lowest BCUT2D eigenvalue weighted by molar-refractivity contribution is -0.0493. The maximum Gasteiger partial charge on any atom is 0.387 e. The van der Waals surface area contributed by atoms with Crippen molar-refractivity contribution in [2.24, 2.45) is 0 Å². The van der Waals surface area contributed by atoms with Crippen LogP contribution in [0.4, 0.5) is 25.8 Å². The quantitative estimate of drug-likeness (QED) is 0.821. The highest BCUT2D eigenvalue weighted by atomic mass is 19.3. The van der Waals surface area contributed by atoms with Crippen molar-refractivity contribution in [1.82, 2.24) is 0 Å². The molecule has 0 saturated heterocycles. The van der Waals surface area contributed by atoms with Gasteiger partial charge in [-0.2, -0.15) is 8.78 Å². The van der Waals surface area contributed by atoms with Crippen molar-refractivity contribution in [3.05, 3.63) is 42.5 Å². The van der Waals surface area contributed by atoms with Crippen molar-refractivity contribution >= 4 is 17.1 Å². The van der Waals surface area contributed by atoms with Gasteiger partial charge in [0.15, 0.2) is 0 Å². The predicted molar refractivity (Wildman–Crippen MR) is 73.8 cm³/mol. The van der Waals surface area contributed by atoms with Crippen LogP contribution < -0.4 is 20.5 Å². The second-order valence-corrected chi connectivity index (χ2v) is 3.92. The van der Waals surface area contributed by atoms with Gasteiger partial charge in [0.25, 0.3) is 0 Å². The number of rotatable bonds is 5. The van der Waals surface area contributed by atoms with E-state index in [0.717, 1.165) is 0 Å². The Morgan fingerprint density at radius 2 is 1.65 bits per heavy atom. The summed E-state index contributed by atoms with van der Waals surface area (Å²) in [4.78, 5) is 0. The summed E-state index contributed by atoms with van der Waals surface area (Å²) in [7, 11) is 1.50. The highest BCUT2D eigenvalue weighted by molar-refractivity contribution is 5.79. The van der Waals surface area contributed by atoms with Gasteiger partial charge in [-0.3, -0.25) is 0 Å². The highest BCUT2D eigenvalue weighted by Gasteiger charge is 2.11. The fourth-order valence-corrected chi connectivity index (χ4v) is 1.74. The van der Waals surface area contributed by atoms with E-state index in [1.807, 2.05) is 0 Å². The molecule has 0 spiro atoms. The molecule has 0 amide bonds. The highest BCUT2D eigenvalue weighted by Crippen LogP contribution is 2.34. The largest absolute Gasteiger partial charge is 0.495 e. The number of hydrogen-bond donors (Lipinski definition) is 2. The third kappa shape index (κ3) is 3.09. The van der Waals surface area contributed by atoms with E-state index in [9.17, 15) is 8.78 Å². The van der Waals surface area contributed by atoms with Crippen molar-refractivity contribution in [3.8, 4) is 11.5 Å². The lowest BCUT2D eigenvalue weighted by atomic mass is 10.2. The van der Waals surface area contributed by atoms with E-state index >= 15 is 0 Å². The summed E-state index contributed by atoms with van der Waals surface area (Å²) in [6.45, 7) is -2.89. The molecule has 0 fully saturated rings. The van der Waals surface area contributed by atoms with Crippen molar-refractivity contribution in [1.29, 1.82) is 0 Å². The van der Waals surface area contributed by atoms with Crippen LogP contribution in [0, 0.1) is 0 Å². The van der Waals surface area contributed by atoms with Crippen molar-refractivity contribution < 1.29 is 18.3 Å². The third-order valence-electron chi connectivity index (χ3n) is 2.66. The lowest BCUT2D eigenvalue weighted by Crippen LogP contribution is -2.05. The van der Waals surface area contributed by atoms with Gasteiger partial charge in [-0.05, 0) is 24.3 Å². The average Bonchev–Trinajstić information content (AvgIpc) is 2.42. The normalized spacial score (nSPS) is 10.4. The van der Waals surface area contributed by atoms with Crippen molar-refractivity contribution in [2.45, 2.75) is 6.61 Å². The molecule has 0 atom stereocenters. The monoisotopic (exact) mass is 280 g/mol. The molecular weight excluding hydrogens is 266 g/mol. The van der Waals surface area contributed by atoms with Crippen LogP contribution in [-0.2, 0) is 0 Å². The van der Waals surface area contributed by atoms with E-state index in [2.05, 4.69) is 10.1 Å². The second-order valence-electron chi connectivity index (χ2n) is 3.92. The number of nitrogens with one attached hydrogen (secondary N) is 1. The Hall–Kier alpha value is -2.50. The molecule has 2 aromatic rings. The number of anilines is 3. The molecule has 0 aliphatic carbocycles. The molecule has 3 N–H and O–H groups in total. The number of nitrogens with two attached hydrogens (primary N) is 1. The number of benzene rings is 2. The van der Waals surface area contributed by atoms with Crippen LogP contribution in [-0.4, -0.2) is 13.7 Å². The van der Waals surface area contributed by atoms with E-state index in [1.165, 1.54) is 13.2 Å². The van der Waals surface area contributed by atoms with E-state index in [4.69, 9.17) is 10.5 Å². The van der Waals surface area contributed by atoms with Gasteiger partial charge in [-0.15, -0.1) is 0 Å². The summed E-state index contributed by atoms with van der Waals surface area (Å²) in [6.07, 6.45) is 0. The second kappa shape index (κ2) is 6.10. The van der Waals surface area contributed by atoms with Crippen LogP contribution in [0.15, 0.2) is 42.5 Å². The fourth-order valence-electron chi connectivity index (χ4n) is 1.74. The standard InChI is InChI=1S/C14H14F2N2O2/c1-19-12-8-4-6-10(13(12)17)18-9-5-2-3-7-11(9)20-14(15)16/h2-8,14,18H,17H2,1H3. The molecule has 106 valence electrons. The first-order valence-electron chi connectivity index (χ1n) is 5.85. The molecule has 0 aliphatic heterocycles. The minimum Gasteiger partial charge on any atom is -0.495 e. The Bertz CT molecular complexity index is 591. The first kappa shape index (κ1) is 13.9. The Morgan fingerprint density at radius 3 is 2.35 bits per heavy atom. The Morgan fingerprint density at radius 1 is 1.00 bits per heavy atom. The zero-order valence-electron chi connectivity index (χ0n) is 10.8. The van der Waals surface area contributed by atoms with Crippen LogP contribution in [0.5, 0.6) is 11.5 Å². The van der Waals surface area contributed by atoms with Gasteiger partial charge < -0.3 is 20.5 Å². The molecule has 0 heterocycles. The van der Waals surface area contributed by atoms with Crippen LogP contribution in [0.2, 0.25) is 0 Å². The maximum absolute atomic E-state index is 12.3. The first-order chi connectivity index (χ1) is 9.61. The fraction of sp³-hybridized carbons (Fsp3) is 0.143. The molecule has 4 nitrogen and oxygen atoms in total. The summed E-state index contributed by atoms with van der Waals surface area (Å²) < 4.78 is 34.2. The SMILES string of the molecule is COc1cccc(Nc2ccccc2OC(F)F)c1N. The van der Waals surface area contributed by atoms with Gasteiger partial charge in [0.2, 0.25) is 0 Å².